The number of halogens is 3. The third kappa shape index (κ3) is 18.0. The van der Waals surface area contributed by atoms with Crippen molar-refractivity contribution in [1.82, 2.24) is 0 Å². The van der Waals surface area contributed by atoms with Crippen molar-refractivity contribution in [2.24, 2.45) is 0 Å². The minimum atomic E-state index is -4.25. The number of alkyl halides is 3. The number of rotatable bonds is 23. The molecule has 0 radical (unpaired) electrons. The maximum absolute atomic E-state index is 13.5. The number of hydrogen-bond donors (Lipinski definition) is 0. The van der Waals surface area contributed by atoms with Gasteiger partial charge in [-0.15, -0.1) is 0 Å². The number of unbranched alkanes of at least 4 members (excludes halogenated alkanes) is 15. The van der Waals surface area contributed by atoms with Crippen LogP contribution in [0.4, 0.5) is 13.2 Å². The summed E-state index contributed by atoms with van der Waals surface area (Å²) in [7, 11) is -1.69. The van der Waals surface area contributed by atoms with Crippen LogP contribution in [0.3, 0.4) is 0 Å². The zero-order valence-corrected chi connectivity index (χ0v) is 27.1. The van der Waals surface area contributed by atoms with Crippen molar-refractivity contribution in [3.8, 4) is 0 Å². The summed E-state index contributed by atoms with van der Waals surface area (Å²) >= 11 is 0. The van der Waals surface area contributed by atoms with Crippen molar-refractivity contribution in [3.63, 3.8) is 0 Å². The Morgan fingerprint density at radius 2 is 0.946 bits per heavy atom. The van der Waals surface area contributed by atoms with Crippen LogP contribution in [-0.2, 0) is 12.3 Å². The van der Waals surface area contributed by atoms with E-state index >= 15 is 0 Å². The van der Waals surface area contributed by atoms with E-state index in [0.717, 1.165) is 11.7 Å². The van der Waals surface area contributed by atoms with Crippen molar-refractivity contribution in [2.45, 2.75) is 149 Å². The molecule has 0 saturated heterocycles. The molecule has 0 fully saturated rings. The molecule has 220 valence electrons. The van der Waals surface area contributed by atoms with Crippen LogP contribution >= 0.6 is 17.2 Å². The first kappa shape index (κ1) is 36.9. The van der Waals surface area contributed by atoms with Crippen LogP contribution in [-0.4, -0.2) is 18.5 Å². The maximum atomic E-state index is 13.5. The molecule has 0 heterocycles. The van der Waals surface area contributed by atoms with E-state index in [0.29, 0.717) is 0 Å². The minimum Gasteiger partial charge on any atom is -0.153 e. The molecule has 37 heavy (non-hydrogen) atoms. The largest absolute Gasteiger partial charge is 0.153 e. The van der Waals surface area contributed by atoms with Gasteiger partial charge in [-0.1, -0.05) is 0 Å². The molecule has 0 bridgehead atoms. The van der Waals surface area contributed by atoms with E-state index in [2.05, 4.69) is 20.8 Å². The first-order chi connectivity index (χ1) is 17.4. The van der Waals surface area contributed by atoms with Gasteiger partial charge >= 0.3 is 223 Å². The van der Waals surface area contributed by atoms with Gasteiger partial charge in [-0.25, -0.2) is 0 Å². The summed E-state index contributed by atoms with van der Waals surface area (Å²) in [6.45, 7) is 6.77. The fourth-order valence-corrected chi connectivity index (χ4v) is 11.1. The van der Waals surface area contributed by atoms with Crippen LogP contribution in [0.25, 0.3) is 0 Å². The van der Waals surface area contributed by atoms with E-state index < -0.39 is 19.0 Å². The smallest absolute Gasteiger partial charge is 0.153 e. The third-order valence-electron chi connectivity index (χ3n) is 8.02. The molecular formula is C32H61F3P2. The molecular weight excluding hydrogens is 503 g/mol. The molecule has 1 aromatic carbocycles. The molecule has 0 aliphatic carbocycles. The van der Waals surface area contributed by atoms with E-state index in [4.69, 9.17) is 0 Å². The minimum absolute atomic E-state index is 0. The molecule has 0 spiro atoms. The molecule has 0 amide bonds. The fraction of sp³-hybridized carbons (Fsp3) is 0.812. The van der Waals surface area contributed by atoms with Gasteiger partial charge in [-0.2, -0.15) is 9.90 Å². The Hall–Kier alpha value is -0.130. The molecule has 0 aliphatic rings. The second kappa shape index (κ2) is 22.7. The average Bonchev–Trinajstić information content (AvgIpc) is 2.85. The summed E-state index contributed by atoms with van der Waals surface area (Å²) in [5.41, 5.74) is 0.473. The van der Waals surface area contributed by atoms with Gasteiger partial charge in [-0.3, -0.25) is 0 Å². The van der Waals surface area contributed by atoms with E-state index in [1.165, 1.54) is 146 Å². The van der Waals surface area contributed by atoms with Crippen LogP contribution in [0, 0.1) is 0 Å². The molecule has 1 rings (SSSR count). The van der Waals surface area contributed by atoms with Gasteiger partial charge < -0.3 is 0 Å². The van der Waals surface area contributed by atoms with E-state index in [9.17, 15) is 13.2 Å². The molecule has 0 nitrogen and oxygen atoms in total. The predicted molar refractivity (Wildman–Crippen MR) is 169 cm³/mol. The van der Waals surface area contributed by atoms with Gasteiger partial charge in [-0.05, 0) is 0 Å². The zero-order valence-electron chi connectivity index (χ0n) is 24.7. The van der Waals surface area contributed by atoms with Crippen LogP contribution in [0.15, 0.2) is 24.3 Å². The molecule has 0 N–H and O–H groups in total. The molecule has 0 aliphatic heterocycles. The monoisotopic (exact) mass is 564 g/mol. The van der Waals surface area contributed by atoms with Crippen LogP contribution in [0.1, 0.15) is 147 Å². The fourth-order valence-electron chi connectivity index (χ4n) is 5.77. The van der Waals surface area contributed by atoms with Gasteiger partial charge in [0.15, 0.2) is 0 Å². The van der Waals surface area contributed by atoms with E-state index in [-0.39, 0.29) is 9.90 Å². The van der Waals surface area contributed by atoms with Gasteiger partial charge in [0.1, 0.15) is 0 Å². The summed E-state index contributed by atoms with van der Waals surface area (Å²) in [4.78, 5) is 0. The topological polar surface area (TPSA) is 0 Å². The van der Waals surface area contributed by atoms with Gasteiger partial charge in [0.25, 0.3) is 0 Å². The molecule has 1 atom stereocenters. The zero-order chi connectivity index (χ0) is 26.5. The molecule has 0 aromatic heterocycles. The molecule has 1 aromatic rings. The Balaban J connectivity index is 0.0000130. The standard InChI is InChI=1S/C32H58F3P.H3P/c1-4-7-10-13-16-19-25-36(26-20-17-14-11-8-5-2,27-21-18-15-12-9-6-3)29-30-23-22-24-31(28-30)32(33,34)35;/h22-24,28,36H,4-21,25-27,29H2,1-3H3;1H3. The van der Waals surface area contributed by atoms with E-state index in [1.54, 1.807) is 6.07 Å². The van der Waals surface area contributed by atoms with Crippen molar-refractivity contribution in [1.29, 1.82) is 0 Å². The summed E-state index contributed by atoms with van der Waals surface area (Å²) in [5.74, 6) is 0. The van der Waals surface area contributed by atoms with Crippen LogP contribution in [0.2, 0.25) is 0 Å². The Morgan fingerprint density at radius 1 is 0.568 bits per heavy atom. The van der Waals surface area contributed by atoms with E-state index in [1.807, 2.05) is 6.07 Å². The number of hydrogen-bond acceptors (Lipinski definition) is 0. The first-order valence-corrected chi connectivity index (χ1v) is 18.4. The SMILES string of the molecule is CCCCCCCC[PH](CCCCCCCC)(CCCCCCCC)Cc1cccc(C(F)(F)F)c1.P. The van der Waals surface area contributed by atoms with Gasteiger partial charge in [0, 0.05) is 0 Å². The molecule has 1 unspecified atom stereocenters. The third-order valence-corrected chi connectivity index (χ3v) is 13.4. The number of benzene rings is 1. The van der Waals surface area contributed by atoms with Crippen LogP contribution in [0.5, 0.6) is 0 Å². The Bertz CT molecular complexity index is 604. The Kier molecular flexibility index (Phi) is 22.6. The van der Waals surface area contributed by atoms with Gasteiger partial charge in [0.05, 0.1) is 0 Å². The summed E-state index contributed by atoms with van der Waals surface area (Å²) in [5, 5.41) is 0. The summed E-state index contributed by atoms with van der Waals surface area (Å²) in [6.07, 6.45) is 24.0. The van der Waals surface area contributed by atoms with Crippen molar-refractivity contribution < 1.29 is 13.2 Å². The second-order valence-electron chi connectivity index (χ2n) is 11.4. The summed E-state index contributed by atoms with van der Waals surface area (Å²) < 4.78 is 40.4. The maximum Gasteiger partial charge on any atom is -0.153 e. The van der Waals surface area contributed by atoms with Crippen molar-refractivity contribution >= 4 is 17.2 Å². The average molecular weight is 565 g/mol. The van der Waals surface area contributed by atoms with Crippen LogP contribution < -0.4 is 0 Å². The predicted octanol–water partition coefficient (Wildman–Crippen LogP) is 12.1. The molecule has 5 heteroatoms. The quantitative estimate of drug-likeness (QED) is 0.0916. The van der Waals surface area contributed by atoms with Crippen molar-refractivity contribution in [3.05, 3.63) is 35.4 Å². The second-order valence-corrected chi connectivity index (χ2v) is 16.3. The van der Waals surface area contributed by atoms with Crippen molar-refractivity contribution in [2.75, 3.05) is 18.5 Å². The summed E-state index contributed by atoms with van der Waals surface area (Å²) in [6, 6.07) is 6.31. The van der Waals surface area contributed by atoms with Gasteiger partial charge in [0.2, 0.25) is 0 Å². The first-order valence-electron chi connectivity index (χ1n) is 15.5. The Labute approximate surface area is 232 Å². The Morgan fingerprint density at radius 3 is 1.32 bits per heavy atom. The molecule has 0 saturated carbocycles. The normalized spacial score (nSPS) is 12.5.